The Hall–Kier alpha value is -0.570. The molecule has 1 amide bonds. The molecule has 0 aromatic carbocycles. The highest BCUT2D eigenvalue weighted by Crippen LogP contribution is 2.25. The molecule has 0 aromatic heterocycles. The summed E-state index contributed by atoms with van der Waals surface area (Å²) >= 11 is 0. The summed E-state index contributed by atoms with van der Waals surface area (Å²) in [6.45, 7) is 4.94. The SMILES string of the molecule is CCNC1CCN(CC2CCCCC2)C1=O. The molecular formula is C13H24N2O. The summed E-state index contributed by atoms with van der Waals surface area (Å²) in [6.07, 6.45) is 7.78. The van der Waals surface area contributed by atoms with E-state index in [0.29, 0.717) is 5.91 Å². The number of likely N-dealkylation sites (tertiary alicyclic amines) is 1. The van der Waals surface area contributed by atoms with Crippen LogP contribution in [0.4, 0.5) is 0 Å². The zero-order valence-electron chi connectivity index (χ0n) is 10.4. The van der Waals surface area contributed by atoms with Crippen molar-refractivity contribution in [1.82, 2.24) is 10.2 Å². The van der Waals surface area contributed by atoms with E-state index in [-0.39, 0.29) is 6.04 Å². The van der Waals surface area contributed by atoms with Crippen molar-refractivity contribution in [2.24, 2.45) is 5.92 Å². The highest BCUT2D eigenvalue weighted by molar-refractivity contribution is 5.83. The molecule has 2 rings (SSSR count). The van der Waals surface area contributed by atoms with Gasteiger partial charge in [0.1, 0.15) is 0 Å². The lowest BCUT2D eigenvalue weighted by molar-refractivity contribution is -0.130. The number of carbonyl (C=O) groups is 1. The normalized spacial score (nSPS) is 27.7. The molecule has 2 aliphatic rings. The second kappa shape index (κ2) is 5.67. The van der Waals surface area contributed by atoms with E-state index in [1.807, 2.05) is 0 Å². The van der Waals surface area contributed by atoms with Gasteiger partial charge >= 0.3 is 0 Å². The van der Waals surface area contributed by atoms with Gasteiger partial charge in [0.25, 0.3) is 0 Å². The molecule has 1 aliphatic carbocycles. The molecule has 3 heteroatoms. The van der Waals surface area contributed by atoms with Crippen LogP contribution in [0.1, 0.15) is 45.4 Å². The Labute approximate surface area is 98.6 Å². The molecule has 0 aromatic rings. The van der Waals surface area contributed by atoms with Crippen LogP contribution < -0.4 is 5.32 Å². The van der Waals surface area contributed by atoms with Gasteiger partial charge in [0, 0.05) is 13.1 Å². The van der Waals surface area contributed by atoms with Gasteiger partial charge in [0.15, 0.2) is 0 Å². The van der Waals surface area contributed by atoms with Gasteiger partial charge in [-0.2, -0.15) is 0 Å². The third kappa shape index (κ3) is 2.76. The van der Waals surface area contributed by atoms with Crippen LogP contribution >= 0.6 is 0 Å². The van der Waals surface area contributed by atoms with E-state index in [2.05, 4.69) is 17.1 Å². The Morgan fingerprint density at radius 1 is 1.25 bits per heavy atom. The fraction of sp³-hybridized carbons (Fsp3) is 0.923. The van der Waals surface area contributed by atoms with Crippen LogP contribution in [0.15, 0.2) is 0 Å². The fourth-order valence-corrected chi connectivity index (χ4v) is 3.04. The molecule has 1 aliphatic heterocycles. The third-order valence-corrected chi connectivity index (χ3v) is 3.95. The average Bonchev–Trinajstić information content (AvgIpc) is 2.64. The number of nitrogens with one attached hydrogen (secondary N) is 1. The first-order valence-electron chi connectivity index (χ1n) is 6.83. The molecule has 3 nitrogen and oxygen atoms in total. The number of rotatable bonds is 4. The molecular weight excluding hydrogens is 200 g/mol. The van der Waals surface area contributed by atoms with E-state index < -0.39 is 0 Å². The van der Waals surface area contributed by atoms with E-state index in [0.717, 1.165) is 32.0 Å². The lowest BCUT2D eigenvalue weighted by Gasteiger charge is -2.27. The van der Waals surface area contributed by atoms with Gasteiger partial charge in [-0.1, -0.05) is 26.2 Å². The third-order valence-electron chi connectivity index (χ3n) is 3.95. The summed E-state index contributed by atoms with van der Waals surface area (Å²) in [5.74, 6) is 1.12. The molecule has 1 saturated heterocycles. The number of likely N-dealkylation sites (N-methyl/N-ethyl adjacent to an activating group) is 1. The highest BCUT2D eigenvalue weighted by Gasteiger charge is 2.32. The van der Waals surface area contributed by atoms with Gasteiger partial charge in [-0.3, -0.25) is 4.79 Å². The summed E-state index contributed by atoms with van der Waals surface area (Å²) in [5.41, 5.74) is 0. The van der Waals surface area contributed by atoms with Crippen molar-refractivity contribution < 1.29 is 4.79 Å². The Bertz CT molecular complexity index is 236. The van der Waals surface area contributed by atoms with Crippen LogP contribution in [0.5, 0.6) is 0 Å². The molecule has 0 spiro atoms. The first-order valence-corrected chi connectivity index (χ1v) is 6.83. The molecule has 16 heavy (non-hydrogen) atoms. The summed E-state index contributed by atoms with van der Waals surface area (Å²) < 4.78 is 0. The van der Waals surface area contributed by atoms with Crippen LogP contribution in [-0.2, 0) is 4.79 Å². The second-order valence-corrected chi connectivity index (χ2v) is 5.19. The van der Waals surface area contributed by atoms with Crippen molar-refractivity contribution in [1.29, 1.82) is 0 Å². The molecule has 2 fully saturated rings. The van der Waals surface area contributed by atoms with Crippen molar-refractivity contribution in [2.75, 3.05) is 19.6 Å². The lowest BCUT2D eigenvalue weighted by Crippen LogP contribution is -2.40. The average molecular weight is 224 g/mol. The van der Waals surface area contributed by atoms with Crippen LogP contribution in [0.3, 0.4) is 0 Å². The number of hydrogen-bond acceptors (Lipinski definition) is 2. The van der Waals surface area contributed by atoms with Crippen molar-refractivity contribution in [3.8, 4) is 0 Å². The first kappa shape index (κ1) is 11.9. The molecule has 0 bridgehead atoms. The maximum absolute atomic E-state index is 12.0. The zero-order valence-corrected chi connectivity index (χ0v) is 10.4. The minimum Gasteiger partial charge on any atom is -0.341 e. The van der Waals surface area contributed by atoms with Gasteiger partial charge in [-0.25, -0.2) is 0 Å². The minimum absolute atomic E-state index is 0.105. The van der Waals surface area contributed by atoms with E-state index in [1.165, 1.54) is 32.1 Å². The quantitative estimate of drug-likeness (QED) is 0.789. The monoisotopic (exact) mass is 224 g/mol. The molecule has 1 unspecified atom stereocenters. The molecule has 0 radical (unpaired) electrons. The fourth-order valence-electron chi connectivity index (χ4n) is 3.04. The van der Waals surface area contributed by atoms with E-state index in [4.69, 9.17) is 0 Å². The lowest BCUT2D eigenvalue weighted by atomic mass is 9.89. The van der Waals surface area contributed by atoms with Crippen molar-refractivity contribution in [2.45, 2.75) is 51.5 Å². The van der Waals surface area contributed by atoms with E-state index >= 15 is 0 Å². The predicted molar refractivity (Wildman–Crippen MR) is 65.2 cm³/mol. The maximum atomic E-state index is 12.0. The number of amides is 1. The van der Waals surface area contributed by atoms with E-state index in [9.17, 15) is 4.79 Å². The standard InChI is InChI=1S/C13H24N2O/c1-2-14-12-8-9-15(13(12)16)10-11-6-4-3-5-7-11/h11-12,14H,2-10H2,1H3. The summed E-state index contributed by atoms with van der Waals surface area (Å²) in [6, 6.07) is 0.105. The largest absolute Gasteiger partial charge is 0.341 e. The van der Waals surface area contributed by atoms with Gasteiger partial charge in [0.2, 0.25) is 5.91 Å². The summed E-state index contributed by atoms with van der Waals surface area (Å²) in [5, 5.41) is 3.27. The highest BCUT2D eigenvalue weighted by atomic mass is 16.2. The van der Waals surface area contributed by atoms with Crippen molar-refractivity contribution >= 4 is 5.91 Å². The Kier molecular flexibility index (Phi) is 4.22. The molecule has 1 N–H and O–H groups in total. The van der Waals surface area contributed by atoms with Gasteiger partial charge < -0.3 is 10.2 Å². The topological polar surface area (TPSA) is 32.3 Å². The molecule has 1 atom stereocenters. The summed E-state index contributed by atoms with van der Waals surface area (Å²) in [4.78, 5) is 14.1. The Balaban J connectivity index is 1.79. The maximum Gasteiger partial charge on any atom is 0.239 e. The van der Waals surface area contributed by atoms with Crippen molar-refractivity contribution in [3.63, 3.8) is 0 Å². The van der Waals surface area contributed by atoms with Crippen LogP contribution in [-0.4, -0.2) is 36.5 Å². The van der Waals surface area contributed by atoms with Crippen LogP contribution in [0.2, 0.25) is 0 Å². The van der Waals surface area contributed by atoms with Gasteiger partial charge in [-0.15, -0.1) is 0 Å². The number of hydrogen-bond donors (Lipinski definition) is 1. The molecule has 1 saturated carbocycles. The van der Waals surface area contributed by atoms with Gasteiger partial charge in [0.05, 0.1) is 6.04 Å². The smallest absolute Gasteiger partial charge is 0.239 e. The van der Waals surface area contributed by atoms with Gasteiger partial charge in [-0.05, 0) is 31.7 Å². The van der Waals surface area contributed by atoms with Crippen molar-refractivity contribution in [3.05, 3.63) is 0 Å². The number of nitrogens with zero attached hydrogens (tertiary/aromatic N) is 1. The Morgan fingerprint density at radius 2 is 2.00 bits per heavy atom. The Morgan fingerprint density at radius 3 is 2.69 bits per heavy atom. The molecule has 1 heterocycles. The van der Waals surface area contributed by atoms with E-state index in [1.54, 1.807) is 0 Å². The first-order chi connectivity index (χ1) is 7.81. The van der Waals surface area contributed by atoms with Crippen LogP contribution in [0, 0.1) is 5.92 Å². The number of carbonyl (C=O) groups excluding carboxylic acids is 1. The second-order valence-electron chi connectivity index (χ2n) is 5.19. The molecule has 92 valence electrons. The minimum atomic E-state index is 0.105. The van der Waals surface area contributed by atoms with Crippen LogP contribution in [0.25, 0.3) is 0 Å². The summed E-state index contributed by atoms with van der Waals surface area (Å²) in [7, 11) is 0. The zero-order chi connectivity index (χ0) is 11.4. The predicted octanol–water partition coefficient (Wildman–Crippen LogP) is 1.78.